The zero-order chi connectivity index (χ0) is 12.2. The summed E-state index contributed by atoms with van der Waals surface area (Å²) in [5.41, 5.74) is 4.80. The van der Waals surface area contributed by atoms with Gasteiger partial charge in [-0.15, -0.1) is 0 Å². The molecule has 96 valence electrons. The fraction of sp³-hybridized carbons (Fsp3) is 0.688. The van der Waals surface area contributed by atoms with Crippen molar-refractivity contribution in [2.45, 2.75) is 51.5 Å². The Morgan fingerprint density at radius 3 is 2.78 bits per heavy atom. The van der Waals surface area contributed by atoms with Gasteiger partial charge in [0.05, 0.1) is 0 Å². The van der Waals surface area contributed by atoms with Gasteiger partial charge in [0, 0.05) is 30.4 Å². The van der Waals surface area contributed by atoms with E-state index in [0.717, 1.165) is 17.9 Å². The van der Waals surface area contributed by atoms with Crippen LogP contribution in [-0.2, 0) is 6.54 Å². The predicted octanol–water partition coefficient (Wildman–Crippen LogP) is 3.25. The first-order valence-corrected chi connectivity index (χ1v) is 7.42. The molecule has 0 amide bonds. The Morgan fingerprint density at radius 1 is 1.28 bits per heavy atom. The van der Waals surface area contributed by atoms with E-state index in [1.807, 2.05) is 0 Å². The van der Waals surface area contributed by atoms with Crippen molar-refractivity contribution in [3.8, 4) is 0 Å². The second-order valence-electron chi connectivity index (χ2n) is 6.78. The molecule has 0 atom stereocenters. The van der Waals surface area contributed by atoms with Gasteiger partial charge >= 0.3 is 0 Å². The zero-order valence-electron chi connectivity index (χ0n) is 11.3. The molecule has 0 N–H and O–H groups in total. The zero-order valence-corrected chi connectivity index (χ0v) is 11.3. The molecule has 2 heteroatoms. The quantitative estimate of drug-likeness (QED) is 0.809. The van der Waals surface area contributed by atoms with E-state index in [2.05, 4.69) is 24.0 Å². The van der Waals surface area contributed by atoms with Crippen LogP contribution in [0.15, 0.2) is 12.1 Å². The highest BCUT2D eigenvalue weighted by Crippen LogP contribution is 2.52. The van der Waals surface area contributed by atoms with Gasteiger partial charge in [0.15, 0.2) is 0 Å². The molecule has 1 aromatic heterocycles. The Hall–Kier alpha value is -0.890. The predicted molar refractivity (Wildman–Crippen MR) is 72.5 cm³/mol. The third-order valence-corrected chi connectivity index (χ3v) is 4.91. The van der Waals surface area contributed by atoms with Crippen molar-refractivity contribution in [3.63, 3.8) is 0 Å². The highest BCUT2D eigenvalue weighted by molar-refractivity contribution is 5.26. The third-order valence-electron chi connectivity index (χ3n) is 4.91. The molecule has 1 aliphatic heterocycles. The lowest BCUT2D eigenvalue weighted by molar-refractivity contribution is 0.312. The molecule has 2 heterocycles. The Balaban J connectivity index is 1.50. The van der Waals surface area contributed by atoms with E-state index in [9.17, 15) is 0 Å². The molecule has 0 bridgehead atoms. The summed E-state index contributed by atoms with van der Waals surface area (Å²) in [6.45, 7) is 5.93. The average molecular weight is 242 g/mol. The molecule has 0 radical (unpaired) electrons. The molecule has 2 nitrogen and oxygen atoms in total. The highest BCUT2D eigenvalue weighted by atomic mass is 15.2. The summed E-state index contributed by atoms with van der Waals surface area (Å²) in [5, 5.41) is 0. The lowest BCUT2D eigenvalue weighted by Crippen LogP contribution is -2.20. The van der Waals surface area contributed by atoms with Crippen molar-refractivity contribution in [2.24, 2.45) is 5.41 Å². The van der Waals surface area contributed by atoms with Gasteiger partial charge in [-0.25, -0.2) is 0 Å². The smallest absolute Gasteiger partial charge is 0.0440 e. The number of aryl methyl sites for hydroxylation is 1. The van der Waals surface area contributed by atoms with Crippen molar-refractivity contribution in [1.82, 2.24) is 9.88 Å². The molecule has 18 heavy (non-hydrogen) atoms. The molecule has 0 aromatic carbocycles. The van der Waals surface area contributed by atoms with Gasteiger partial charge < -0.3 is 0 Å². The standard InChI is InChI=1S/C16H22N2/c1-12-8-13(9-15(17-12)14-2-3-14)10-18-7-6-16(11-18)4-5-16/h8-9,14H,2-7,10-11H2,1H3. The minimum atomic E-state index is 0.751. The van der Waals surface area contributed by atoms with E-state index < -0.39 is 0 Å². The summed E-state index contributed by atoms with van der Waals surface area (Å²) < 4.78 is 0. The maximum absolute atomic E-state index is 4.69. The Kier molecular flexibility index (Phi) is 2.32. The molecule has 3 fully saturated rings. The number of pyridine rings is 1. The molecule has 4 rings (SSSR count). The second-order valence-corrected chi connectivity index (χ2v) is 6.78. The number of hydrogen-bond donors (Lipinski definition) is 0. The molecule has 2 aliphatic carbocycles. The van der Waals surface area contributed by atoms with Crippen molar-refractivity contribution < 1.29 is 0 Å². The molecular weight excluding hydrogens is 220 g/mol. The fourth-order valence-electron chi connectivity index (χ4n) is 3.45. The Bertz CT molecular complexity index is 472. The summed E-state index contributed by atoms with van der Waals surface area (Å²) in [7, 11) is 0. The summed E-state index contributed by atoms with van der Waals surface area (Å²) in [5.74, 6) is 0.775. The van der Waals surface area contributed by atoms with Gasteiger partial charge in [-0.3, -0.25) is 9.88 Å². The molecular formula is C16H22N2. The maximum Gasteiger partial charge on any atom is 0.0440 e. The third kappa shape index (κ3) is 2.07. The van der Waals surface area contributed by atoms with Crippen LogP contribution in [0, 0.1) is 12.3 Å². The molecule has 1 spiro atoms. The van der Waals surface area contributed by atoms with E-state index in [1.165, 1.54) is 62.1 Å². The van der Waals surface area contributed by atoms with Gasteiger partial charge in [-0.1, -0.05) is 0 Å². The lowest BCUT2D eigenvalue weighted by Gasteiger charge is -2.16. The van der Waals surface area contributed by atoms with E-state index in [1.54, 1.807) is 0 Å². The molecule has 2 saturated carbocycles. The average Bonchev–Trinajstić information content (AvgIpc) is 3.19. The first kappa shape index (κ1) is 11.0. The van der Waals surface area contributed by atoms with E-state index in [0.29, 0.717) is 0 Å². The number of nitrogens with zero attached hydrogens (tertiary/aromatic N) is 2. The fourth-order valence-corrected chi connectivity index (χ4v) is 3.45. The van der Waals surface area contributed by atoms with Crippen LogP contribution < -0.4 is 0 Å². The molecule has 0 unspecified atom stereocenters. The van der Waals surface area contributed by atoms with Crippen molar-refractivity contribution in [1.29, 1.82) is 0 Å². The second kappa shape index (κ2) is 3.80. The first-order valence-electron chi connectivity index (χ1n) is 7.42. The normalized spacial score (nSPS) is 25.8. The molecule has 1 aromatic rings. The Morgan fingerprint density at radius 2 is 2.11 bits per heavy atom. The number of rotatable bonds is 3. The summed E-state index contributed by atoms with van der Waals surface area (Å²) in [6, 6.07) is 4.65. The van der Waals surface area contributed by atoms with Crippen LogP contribution in [-0.4, -0.2) is 23.0 Å². The summed E-state index contributed by atoms with van der Waals surface area (Å²) in [4.78, 5) is 7.34. The number of likely N-dealkylation sites (tertiary alicyclic amines) is 1. The van der Waals surface area contributed by atoms with E-state index in [-0.39, 0.29) is 0 Å². The van der Waals surface area contributed by atoms with Gasteiger partial charge in [0.25, 0.3) is 0 Å². The highest BCUT2D eigenvalue weighted by Gasteiger charge is 2.47. The minimum Gasteiger partial charge on any atom is -0.299 e. The number of aromatic nitrogens is 1. The minimum absolute atomic E-state index is 0.751. The van der Waals surface area contributed by atoms with Crippen molar-refractivity contribution >= 4 is 0 Å². The largest absolute Gasteiger partial charge is 0.299 e. The van der Waals surface area contributed by atoms with Crippen LogP contribution in [0.4, 0.5) is 0 Å². The Labute approximate surface area is 109 Å². The topological polar surface area (TPSA) is 16.1 Å². The SMILES string of the molecule is Cc1cc(CN2CCC3(CC3)C2)cc(C2CC2)n1. The van der Waals surface area contributed by atoms with Crippen LogP contribution >= 0.6 is 0 Å². The van der Waals surface area contributed by atoms with Crippen LogP contribution in [0.25, 0.3) is 0 Å². The van der Waals surface area contributed by atoms with E-state index >= 15 is 0 Å². The molecule has 1 saturated heterocycles. The van der Waals surface area contributed by atoms with Crippen molar-refractivity contribution in [2.75, 3.05) is 13.1 Å². The number of hydrogen-bond acceptors (Lipinski definition) is 2. The van der Waals surface area contributed by atoms with Crippen molar-refractivity contribution in [3.05, 3.63) is 29.1 Å². The summed E-state index contributed by atoms with van der Waals surface area (Å²) >= 11 is 0. The van der Waals surface area contributed by atoms with Crippen LogP contribution in [0.3, 0.4) is 0 Å². The maximum atomic E-state index is 4.69. The monoisotopic (exact) mass is 242 g/mol. The lowest BCUT2D eigenvalue weighted by atomic mass is 10.1. The van der Waals surface area contributed by atoms with Crippen LogP contribution in [0.5, 0.6) is 0 Å². The van der Waals surface area contributed by atoms with Gasteiger partial charge in [0.2, 0.25) is 0 Å². The van der Waals surface area contributed by atoms with Gasteiger partial charge in [-0.05, 0) is 68.7 Å². The van der Waals surface area contributed by atoms with Gasteiger partial charge in [0.1, 0.15) is 0 Å². The van der Waals surface area contributed by atoms with E-state index in [4.69, 9.17) is 4.98 Å². The van der Waals surface area contributed by atoms with Crippen LogP contribution in [0.1, 0.15) is 55.0 Å². The molecule has 3 aliphatic rings. The van der Waals surface area contributed by atoms with Crippen LogP contribution in [0.2, 0.25) is 0 Å². The first-order chi connectivity index (χ1) is 8.72. The van der Waals surface area contributed by atoms with Gasteiger partial charge in [-0.2, -0.15) is 0 Å². The summed E-state index contributed by atoms with van der Waals surface area (Å²) in [6.07, 6.45) is 7.09.